The van der Waals surface area contributed by atoms with Gasteiger partial charge in [-0.1, -0.05) is 30.3 Å². The number of benzene rings is 1. The molecule has 1 heterocycles. The van der Waals surface area contributed by atoms with Gasteiger partial charge in [-0.15, -0.1) is 0 Å². The van der Waals surface area contributed by atoms with Gasteiger partial charge in [0.2, 0.25) is 0 Å². The molecule has 0 saturated carbocycles. The number of amides is 2. The van der Waals surface area contributed by atoms with E-state index in [0.717, 1.165) is 29.1 Å². The van der Waals surface area contributed by atoms with E-state index >= 15 is 0 Å². The lowest BCUT2D eigenvalue weighted by Crippen LogP contribution is -2.39. The highest BCUT2D eigenvalue weighted by molar-refractivity contribution is 5.76. The molecule has 2 aromatic rings. The molecule has 0 radical (unpaired) electrons. The molecule has 1 aromatic heterocycles. The van der Waals surface area contributed by atoms with Gasteiger partial charge in [0, 0.05) is 18.8 Å². The molecule has 7 heteroatoms. The second-order valence-electron chi connectivity index (χ2n) is 6.59. The average Bonchev–Trinajstić information content (AvgIpc) is 2.96. The van der Waals surface area contributed by atoms with E-state index in [1.165, 1.54) is 0 Å². The first-order chi connectivity index (χ1) is 13.5. The summed E-state index contributed by atoms with van der Waals surface area (Å²) in [5.74, 6) is -0.338. The maximum absolute atomic E-state index is 12.4. The Morgan fingerprint density at radius 2 is 1.89 bits per heavy atom. The van der Waals surface area contributed by atoms with Crippen molar-refractivity contribution in [3.63, 3.8) is 0 Å². The van der Waals surface area contributed by atoms with Gasteiger partial charge in [0.1, 0.15) is 0 Å². The molecule has 0 aliphatic rings. The highest BCUT2D eigenvalue weighted by Crippen LogP contribution is 2.17. The molecule has 0 saturated heterocycles. The minimum absolute atomic E-state index is 0.0900. The van der Waals surface area contributed by atoms with E-state index in [1.54, 1.807) is 6.92 Å². The summed E-state index contributed by atoms with van der Waals surface area (Å²) in [5, 5.41) is 10.3. The third-order valence-corrected chi connectivity index (χ3v) is 4.67. The van der Waals surface area contributed by atoms with Crippen molar-refractivity contribution in [2.24, 2.45) is 0 Å². The topological polar surface area (TPSA) is 85.2 Å². The molecular weight excluding hydrogens is 356 g/mol. The standard InChI is InChI=1S/C21H30N4O3/c1-5-25-16(4)18(15(3)24-25)12-13-22-21(27)23-19(14-20(26)28-6-2)17-10-8-7-9-11-17/h7-11,19H,5-6,12-14H2,1-4H3,(H2,22,23,27)/t19-/m0/s1. The fourth-order valence-electron chi connectivity index (χ4n) is 3.24. The van der Waals surface area contributed by atoms with Gasteiger partial charge in [-0.3, -0.25) is 9.48 Å². The van der Waals surface area contributed by atoms with Crippen LogP contribution in [0.15, 0.2) is 30.3 Å². The van der Waals surface area contributed by atoms with Crippen LogP contribution in [-0.2, 0) is 22.5 Å². The molecule has 28 heavy (non-hydrogen) atoms. The zero-order valence-corrected chi connectivity index (χ0v) is 17.1. The molecule has 2 amide bonds. The van der Waals surface area contributed by atoms with Crippen molar-refractivity contribution in [3.8, 4) is 0 Å². The van der Waals surface area contributed by atoms with E-state index in [0.29, 0.717) is 19.6 Å². The van der Waals surface area contributed by atoms with Crippen LogP contribution in [-0.4, -0.2) is 34.9 Å². The van der Waals surface area contributed by atoms with Gasteiger partial charge in [0.05, 0.1) is 24.8 Å². The number of urea groups is 1. The van der Waals surface area contributed by atoms with E-state index in [9.17, 15) is 9.59 Å². The summed E-state index contributed by atoms with van der Waals surface area (Å²) in [6, 6.07) is 8.68. The highest BCUT2D eigenvalue weighted by atomic mass is 16.5. The van der Waals surface area contributed by atoms with Gasteiger partial charge in [0.25, 0.3) is 0 Å². The molecule has 0 bridgehead atoms. The Hall–Kier alpha value is -2.83. The van der Waals surface area contributed by atoms with Crippen LogP contribution in [0, 0.1) is 13.8 Å². The number of carbonyl (C=O) groups is 2. The summed E-state index contributed by atoms with van der Waals surface area (Å²) < 4.78 is 7.00. The summed E-state index contributed by atoms with van der Waals surface area (Å²) in [6.45, 7) is 9.49. The molecule has 2 N–H and O–H groups in total. The number of ether oxygens (including phenoxy) is 1. The van der Waals surface area contributed by atoms with Gasteiger partial charge in [-0.05, 0) is 45.2 Å². The van der Waals surface area contributed by atoms with Gasteiger partial charge in [0.15, 0.2) is 0 Å². The lowest BCUT2D eigenvalue weighted by molar-refractivity contribution is -0.143. The average molecular weight is 386 g/mol. The van der Waals surface area contributed by atoms with Crippen LogP contribution in [0.3, 0.4) is 0 Å². The normalized spacial score (nSPS) is 11.7. The molecule has 0 aliphatic carbocycles. The van der Waals surface area contributed by atoms with Crippen molar-refractivity contribution in [2.45, 2.75) is 53.1 Å². The van der Waals surface area contributed by atoms with Gasteiger partial charge in [-0.2, -0.15) is 5.10 Å². The number of carbonyl (C=O) groups excluding carboxylic acids is 2. The molecule has 152 valence electrons. The first-order valence-electron chi connectivity index (χ1n) is 9.74. The molecule has 2 rings (SSSR count). The third kappa shape index (κ3) is 5.84. The Labute approximate surface area is 166 Å². The fraction of sp³-hybridized carbons (Fsp3) is 0.476. The second kappa shape index (κ2) is 10.5. The van der Waals surface area contributed by atoms with E-state index in [4.69, 9.17) is 4.74 Å². The fourth-order valence-corrected chi connectivity index (χ4v) is 3.24. The lowest BCUT2D eigenvalue weighted by Gasteiger charge is -2.19. The number of aromatic nitrogens is 2. The van der Waals surface area contributed by atoms with Gasteiger partial charge in [-0.25, -0.2) is 4.79 Å². The monoisotopic (exact) mass is 386 g/mol. The van der Waals surface area contributed by atoms with Crippen molar-refractivity contribution in [3.05, 3.63) is 52.8 Å². The molecule has 0 unspecified atom stereocenters. The number of aryl methyl sites for hydroxylation is 2. The maximum atomic E-state index is 12.4. The number of nitrogens with zero attached hydrogens (tertiary/aromatic N) is 2. The number of esters is 1. The van der Waals surface area contributed by atoms with E-state index in [1.807, 2.05) is 48.9 Å². The van der Waals surface area contributed by atoms with Gasteiger partial charge < -0.3 is 15.4 Å². The number of rotatable bonds is 9. The molecule has 1 atom stereocenters. The minimum atomic E-state index is -0.438. The predicted octanol–water partition coefficient (Wildman–Crippen LogP) is 3.06. The van der Waals surface area contributed by atoms with Crippen LogP contribution in [0.25, 0.3) is 0 Å². The summed E-state index contributed by atoms with van der Waals surface area (Å²) in [5.41, 5.74) is 4.15. The zero-order chi connectivity index (χ0) is 20.5. The van der Waals surface area contributed by atoms with Crippen LogP contribution in [0.4, 0.5) is 4.79 Å². The third-order valence-electron chi connectivity index (χ3n) is 4.67. The first-order valence-corrected chi connectivity index (χ1v) is 9.74. The summed E-state index contributed by atoms with van der Waals surface area (Å²) in [7, 11) is 0. The van der Waals surface area contributed by atoms with Crippen LogP contribution in [0.5, 0.6) is 0 Å². The van der Waals surface area contributed by atoms with E-state index in [-0.39, 0.29) is 18.4 Å². The van der Waals surface area contributed by atoms with E-state index in [2.05, 4.69) is 22.7 Å². The van der Waals surface area contributed by atoms with Crippen molar-refractivity contribution >= 4 is 12.0 Å². The van der Waals surface area contributed by atoms with Crippen LogP contribution >= 0.6 is 0 Å². The first kappa shape index (κ1) is 21.5. The largest absolute Gasteiger partial charge is 0.466 e. The predicted molar refractivity (Wildman–Crippen MR) is 108 cm³/mol. The number of hydrogen-bond acceptors (Lipinski definition) is 4. The second-order valence-corrected chi connectivity index (χ2v) is 6.59. The Morgan fingerprint density at radius 1 is 1.18 bits per heavy atom. The highest BCUT2D eigenvalue weighted by Gasteiger charge is 2.19. The van der Waals surface area contributed by atoms with Crippen LogP contribution in [0.1, 0.15) is 48.8 Å². The Kier molecular flexibility index (Phi) is 8.04. The molecule has 0 fully saturated rings. The lowest BCUT2D eigenvalue weighted by atomic mass is 10.0. The van der Waals surface area contributed by atoms with Gasteiger partial charge >= 0.3 is 12.0 Å². The Balaban J connectivity index is 1.94. The molecule has 0 spiro atoms. The summed E-state index contributed by atoms with van der Waals surface area (Å²) >= 11 is 0. The number of nitrogens with one attached hydrogen (secondary N) is 2. The Bertz CT molecular complexity index is 786. The summed E-state index contributed by atoms with van der Waals surface area (Å²) in [6.07, 6.45) is 0.797. The van der Waals surface area contributed by atoms with E-state index < -0.39 is 6.04 Å². The Morgan fingerprint density at radius 3 is 2.50 bits per heavy atom. The zero-order valence-electron chi connectivity index (χ0n) is 17.1. The molecule has 0 aliphatic heterocycles. The van der Waals surface area contributed by atoms with Crippen LogP contribution < -0.4 is 10.6 Å². The SMILES string of the molecule is CCOC(=O)C[C@H](NC(=O)NCCc1c(C)nn(CC)c1C)c1ccccc1. The quantitative estimate of drug-likeness (QED) is 0.649. The molecular formula is C21H30N4O3. The minimum Gasteiger partial charge on any atom is -0.466 e. The molecule has 1 aromatic carbocycles. The van der Waals surface area contributed by atoms with Crippen molar-refractivity contribution in [1.82, 2.24) is 20.4 Å². The smallest absolute Gasteiger partial charge is 0.315 e. The number of hydrogen-bond donors (Lipinski definition) is 2. The van der Waals surface area contributed by atoms with Crippen molar-refractivity contribution < 1.29 is 14.3 Å². The maximum Gasteiger partial charge on any atom is 0.315 e. The van der Waals surface area contributed by atoms with Crippen LogP contribution in [0.2, 0.25) is 0 Å². The van der Waals surface area contributed by atoms with Crippen molar-refractivity contribution in [1.29, 1.82) is 0 Å². The molecule has 7 nitrogen and oxygen atoms in total. The summed E-state index contributed by atoms with van der Waals surface area (Å²) in [4.78, 5) is 24.3. The van der Waals surface area contributed by atoms with Crippen molar-refractivity contribution in [2.75, 3.05) is 13.2 Å².